The van der Waals surface area contributed by atoms with Gasteiger partial charge in [-0.2, -0.15) is 0 Å². The van der Waals surface area contributed by atoms with Gasteiger partial charge in [0.15, 0.2) is 0 Å². The minimum absolute atomic E-state index is 0.0889. The zero-order chi connectivity index (χ0) is 10.0. The second-order valence-corrected chi connectivity index (χ2v) is 4.03. The lowest BCUT2D eigenvalue weighted by molar-refractivity contribution is 0.171. The van der Waals surface area contributed by atoms with E-state index in [0.717, 1.165) is 5.69 Å². The van der Waals surface area contributed by atoms with Crippen LogP contribution in [0, 0.1) is 10.5 Å². The monoisotopic (exact) mass is 294 g/mol. The zero-order valence-corrected chi connectivity index (χ0v) is 9.65. The highest BCUT2D eigenvalue weighted by Crippen LogP contribution is 2.01. The van der Waals surface area contributed by atoms with Gasteiger partial charge in [-0.15, -0.1) is 0 Å². The van der Waals surface area contributed by atoms with Gasteiger partial charge in [0, 0.05) is 0 Å². The Hall–Kier alpha value is -0.430. The fourth-order valence-electron chi connectivity index (χ4n) is 0.961. The predicted octanol–water partition coefficient (Wildman–Crippen LogP) is 0.537. The Kier molecular flexibility index (Phi) is 3.43. The number of aromatic nitrogens is 2. The first-order valence-corrected chi connectivity index (χ1v) is 5.00. The Morgan fingerprint density at radius 1 is 1.77 bits per heavy atom. The molecule has 0 aliphatic heterocycles. The average molecular weight is 294 g/mol. The van der Waals surface area contributed by atoms with E-state index in [0.29, 0.717) is 10.1 Å². The molecular formula is C8H11IN2O2. The highest BCUT2D eigenvalue weighted by atomic mass is 127. The molecule has 0 bridgehead atoms. The molecule has 1 heterocycles. The molecule has 0 amide bonds. The molecule has 0 spiro atoms. The van der Waals surface area contributed by atoms with E-state index in [1.807, 2.05) is 22.6 Å². The molecule has 0 aliphatic carbocycles. The first-order valence-electron chi connectivity index (χ1n) is 3.92. The molecule has 1 rings (SSSR count). The average Bonchev–Trinajstić information content (AvgIpc) is 2.06. The number of hydrogen-bond donors (Lipinski definition) is 1. The summed E-state index contributed by atoms with van der Waals surface area (Å²) in [6.07, 6.45) is 0.935. The Morgan fingerprint density at radius 2 is 2.38 bits per heavy atom. The van der Waals surface area contributed by atoms with Crippen LogP contribution in [0.15, 0.2) is 11.1 Å². The highest BCUT2D eigenvalue weighted by molar-refractivity contribution is 14.1. The molecular weight excluding hydrogens is 283 g/mol. The second-order valence-electron chi connectivity index (χ2n) is 2.95. The fourth-order valence-corrected chi connectivity index (χ4v) is 1.41. The van der Waals surface area contributed by atoms with Crippen molar-refractivity contribution in [2.24, 2.45) is 0 Å². The SMILES string of the molecule is Cc1ncn(CC(C)O)c(=O)c1I. The van der Waals surface area contributed by atoms with E-state index in [1.54, 1.807) is 13.8 Å². The smallest absolute Gasteiger partial charge is 0.267 e. The van der Waals surface area contributed by atoms with Gasteiger partial charge in [-0.25, -0.2) is 4.98 Å². The molecule has 72 valence electrons. The second kappa shape index (κ2) is 4.19. The summed E-state index contributed by atoms with van der Waals surface area (Å²) in [4.78, 5) is 15.6. The van der Waals surface area contributed by atoms with Crippen LogP contribution in [-0.2, 0) is 6.54 Å². The number of aliphatic hydroxyl groups is 1. The molecule has 0 aliphatic rings. The van der Waals surface area contributed by atoms with Crippen LogP contribution in [-0.4, -0.2) is 20.8 Å². The third-order valence-corrected chi connectivity index (χ3v) is 2.86. The molecule has 13 heavy (non-hydrogen) atoms. The Balaban J connectivity index is 3.12. The molecule has 0 radical (unpaired) electrons. The van der Waals surface area contributed by atoms with Crippen molar-refractivity contribution >= 4 is 22.6 Å². The van der Waals surface area contributed by atoms with Crippen molar-refractivity contribution in [3.05, 3.63) is 25.9 Å². The number of rotatable bonds is 2. The molecule has 1 N–H and O–H groups in total. The molecule has 0 aromatic carbocycles. The van der Waals surface area contributed by atoms with Gasteiger partial charge in [-0.05, 0) is 36.4 Å². The third kappa shape index (κ3) is 2.50. The maximum atomic E-state index is 11.5. The minimum atomic E-state index is -0.530. The summed E-state index contributed by atoms with van der Waals surface area (Å²) in [5, 5.41) is 9.10. The molecule has 0 fully saturated rings. The normalized spacial score (nSPS) is 12.9. The number of halogens is 1. The lowest BCUT2D eigenvalue weighted by Crippen LogP contribution is -2.28. The quantitative estimate of drug-likeness (QED) is 0.810. The molecule has 0 saturated heterocycles. The molecule has 1 aromatic rings. The molecule has 1 aromatic heterocycles. The van der Waals surface area contributed by atoms with E-state index in [9.17, 15) is 4.79 Å². The summed E-state index contributed by atoms with van der Waals surface area (Å²) < 4.78 is 2.03. The topological polar surface area (TPSA) is 55.1 Å². The van der Waals surface area contributed by atoms with Gasteiger partial charge < -0.3 is 5.11 Å². The predicted molar refractivity (Wildman–Crippen MR) is 57.6 cm³/mol. The summed E-state index contributed by atoms with van der Waals surface area (Å²) in [6, 6.07) is 0. The lowest BCUT2D eigenvalue weighted by atomic mass is 10.4. The Bertz CT molecular complexity index is 360. The molecule has 1 atom stereocenters. The summed E-state index contributed by atoms with van der Waals surface area (Å²) in [6.45, 7) is 3.72. The van der Waals surface area contributed by atoms with E-state index in [-0.39, 0.29) is 5.56 Å². The van der Waals surface area contributed by atoms with Crippen LogP contribution in [0.25, 0.3) is 0 Å². The largest absolute Gasteiger partial charge is 0.392 e. The van der Waals surface area contributed by atoms with Crippen molar-refractivity contribution in [3.63, 3.8) is 0 Å². The van der Waals surface area contributed by atoms with Crippen LogP contribution in [0.1, 0.15) is 12.6 Å². The molecule has 5 heteroatoms. The van der Waals surface area contributed by atoms with Gasteiger partial charge in [0.25, 0.3) is 5.56 Å². The van der Waals surface area contributed by atoms with Crippen molar-refractivity contribution in [2.45, 2.75) is 26.5 Å². The zero-order valence-electron chi connectivity index (χ0n) is 7.49. The van der Waals surface area contributed by atoms with E-state index in [4.69, 9.17) is 5.11 Å². The Labute approximate surface area is 89.8 Å². The van der Waals surface area contributed by atoms with Crippen molar-refractivity contribution < 1.29 is 5.11 Å². The summed E-state index contributed by atoms with van der Waals surface area (Å²) in [5.41, 5.74) is 0.640. The number of nitrogens with zero attached hydrogens (tertiary/aromatic N) is 2. The van der Waals surface area contributed by atoms with Crippen LogP contribution < -0.4 is 5.56 Å². The molecule has 1 unspecified atom stereocenters. The van der Waals surface area contributed by atoms with Crippen LogP contribution in [0.3, 0.4) is 0 Å². The molecule has 0 saturated carbocycles. The van der Waals surface area contributed by atoms with Gasteiger partial charge in [0.1, 0.15) is 0 Å². The fraction of sp³-hybridized carbons (Fsp3) is 0.500. The van der Waals surface area contributed by atoms with Crippen molar-refractivity contribution in [1.29, 1.82) is 0 Å². The number of aliphatic hydroxyl groups excluding tert-OH is 1. The van der Waals surface area contributed by atoms with Gasteiger partial charge in [-0.1, -0.05) is 0 Å². The minimum Gasteiger partial charge on any atom is -0.392 e. The van der Waals surface area contributed by atoms with Gasteiger partial charge in [-0.3, -0.25) is 9.36 Å². The van der Waals surface area contributed by atoms with Crippen molar-refractivity contribution in [1.82, 2.24) is 9.55 Å². The van der Waals surface area contributed by atoms with E-state index in [1.165, 1.54) is 10.9 Å². The van der Waals surface area contributed by atoms with Crippen LogP contribution >= 0.6 is 22.6 Å². The van der Waals surface area contributed by atoms with E-state index in [2.05, 4.69) is 4.98 Å². The highest BCUT2D eigenvalue weighted by Gasteiger charge is 2.06. The lowest BCUT2D eigenvalue weighted by Gasteiger charge is -2.08. The van der Waals surface area contributed by atoms with E-state index < -0.39 is 6.10 Å². The standard InChI is InChI=1S/C8H11IN2O2/c1-5(12)3-11-4-10-6(2)7(9)8(11)13/h4-5,12H,3H2,1-2H3. The Morgan fingerprint density at radius 3 is 2.92 bits per heavy atom. The van der Waals surface area contributed by atoms with Crippen LogP contribution in [0.5, 0.6) is 0 Å². The van der Waals surface area contributed by atoms with Crippen molar-refractivity contribution in [2.75, 3.05) is 0 Å². The summed E-state index contributed by atoms with van der Waals surface area (Å²) in [7, 11) is 0. The van der Waals surface area contributed by atoms with E-state index >= 15 is 0 Å². The van der Waals surface area contributed by atoms with Gasteiger partial charge >= 0.3 is 0 Å². The first kappa shape index (κ1) is 10.6. The van der Waals surface area contributed by atoms with Crippen LogP contribution in [0.4, 0.5) is 0 Å². The van der Waals surface area contributed by atoms with Crippen molar-refractivity contribution in [3.8, 4) is 0 Å². The first-order chi connectivity index (χ1) is 6.02. The number of hydrogen-bond acceptors (Lipinski definition) is 3. The maximum Gasteiger partial charge on any atom is 0.267 e. The number of aryl methyl sites for hydroxylation is 1. The van der Waals surface area contributed by atoms with Crippen LogP contribution in [0.2, 0.25) is 0 Å². The van der Waals surface area contributed by atoms with Gasteiger partial charge in [0.2, 0.25) is 0 Å². The summed E-state index contributed by atoms with van der Waals surface area (Å²) >= 11 is 1.96. The maximum absolute atomic E-state index is 11.5. The summed E-state index contributed by atoms with van der Waals surface area (Å²) in [5.74, 6) is 0. The third-order valence-electron chi connectivity index (χ3n) is 1.62. The molecule has 4 nitrogen and oxygen atoms in total. The van der Waals surface area contributed by atoms with Gasteiger partial charge in [0.05, 0.1) is 28.2 Å².